The van der Waals surface area contributed by atoms with Crippen molar-refractivity contribution >= 4 is 51.1 Å². The summed E-state index contributed by atoms with van der Waals surface area (Å²) in [4.78, 5) is 36.5. The molecule has 1 aromatic heterocycles. The SMILES string of the molecule is O=C1C=C(NC(=O)C(=O)c2cn(Cc3ccc(Cl)cc3)c3ccccc23)CS1. The first kappa shape index (κ1) is 18.5. The number of para-hydroxylation sites is 1. The Labute approximate surface area is 170 Å². The van der Waals surface area contributed by atoms with Crippen LogP contribution in [0.5, 0.6) is 0 Å². The largest absolute Gasteiger partial charge is 0.342 e. The molecule has 2 heterocycles. The number of carbonyl (C=O) groups is 3. The fourth-order valence-electron chi connectivity index (χ4n) is 3.12. The summed E-state index contributed by atoms with van der Waals surface area (Å²) in [5.41, 5.74) is 2.68. The number of Topliss-reactive ketones (excluding diaryl/α,β-unsaturated/α-hetero) is 1. The predicted molar refractivity (Wildman–Crippen MR) is 111 cm³/mol. The van der Waals surface area contributed by atoms with Crippen molar-refractivity contribution in [1.82, 2.24) is 9.88 Å². The normalized spacial score (nSPS) is 13.6. The highest BCUT2D eigenvalue weighted by Gasteiger charge is 2.24. The lowest BCUT2D eigenvalue weighted by Crippen LogP contribution is -2.30. The number of ketones is 1. The Bertz CT molecular complexity index is 1130. The van der Waals surface area contributed by atoms with Crippen molar-refractivity contribution < 1.29 is 14.4 Å². The molecule has 1 aliphatic rings. The van der Waals surface area contributed by atoms with Crippen LogP contribution in [-0.4, -0.2) is 27.1 Å². The number of aromatic nitrogens is 1. The van der Waals surface area contributed by atoms with Crippen molar-refractivity contribution in [2.75, 3.05) is 5.75 Å². The third kappa shape index (κ3) is 3.74. The number of nitrogens with one attached hydrogen (secondary N) is 1. The van der Waals surface area contributed by atoms with Crippen LogP contribution in [0.2, 0.25) is 5.02 Å². The molecule has 28 heavy (non-hydrogen) atoms. The fraction of sp³-hybridized carbons (Fsp3) is 0.0952. The van der Waals surface area contributed by atoms with Crippen LogP contribution in [0.4, 0.5) is 0 Å². The van der Waals surface area contributed by atoms with Crippen molar-refractivity contribution in [3.8, 4) is 0 Å². The van der Waals surface area contributed by atoms with Crippen molar-refractivity contribution in [2.45, 2.75) is 6.54 Å². The maximum atomic E-state index is 12.8. The summed E-state index contributed by atoms with van der Waals surface area (Å²) in [5.74, 6) is -0.997. The van der Waals surface area contributed by atoms with Gasteiger partial charge >= 0.3 is 0 Å². The molecule has 0 saturated heterocycles. The first-order valence-corrected chi connectivity index (χ1v) is 9.93. The van der Waals surface area contributed by atoms with Crippen LogP contribution in [0, 0.1) is 0 Å². The van der Waals surface area contributed by atoms with Crippen molar-refractivity contribution in [3.63, 3.8) is 0 Å². The first-order chi connectivity index (χ1) is 13.5. The molecular formula is C21H15ClN2O3S. The van der Waals surface area contributed by atoms with Gasteiger partial charge in [0.05, 0.1) is 5.56 Å². The molecule has 7 heteroatoms. The van der Waals surface area contributed by atoms with Gasteiger partial charge in [0.25, 0.3) is 11.7 Å². The maximum absolute atomic E-state index is 12.8. The Morgan fingerprint density at radius 2 is 1.86 bits per heavy atom. The molecule has 1 aliphatic heterocycles. The van der Waals surface area contributed by atoms with E-state index < -0.39 is 11.7 Å². The van der Waals surface area contributed by atoms with Crippen molar-refractivity contribution in [2.24, 2.45) is 0 Å². The summed E-state index contributed by atoms with van der Waals surface area (Å²) >= 11 is 7.04. The second-order valence-electron chi connectivity index (χ2n) is 6.37. The highest BCUT2D eigenvalue weighted by Crippen LogP contribution is 2.24. The monoisotopic (exact) mass is 410 g/mol. The maximum Gasteiger partial charge on any atom is 0.296 e. The minimum absolute atomic E-state index is 0.123. The van der Waals surface area contributed by atoms with E-state index in [0.717, 1.165) is 22.8 Å². The highest BCUT2D eigenvalue weighted by molar-refractivity contribution is 8.14. The summed E-state index contributed by atoms with van der Waals surface area (Å²) in [5, 5.41) is 3.79. The van der Waals surface area contributed by atoms with Crippen LogP contribution in [0.15, 0.2) is 66.5 Å². The summed E-state index contributed by atoms with van der Waals surface area (Å²) in [6, 6.07) is 14.9. The molecule has 0 fully saturated rings. The lowest BCUT2D eigenvalue weighted by Gasteiger charge is -2.05. The van der Waals surface area contributed by atoms with Crippen LogP contribution in [0.25, 0.3) is 10.9 Å². The fourth-order valence-corrected chi connectivity index (χ4v) is 3.92. The average Bonchev–Trinajstić information content (AvgIpc) is 3.27. The number of rotatable bonds is 5. The van der Waals surface area contributed by atoms with E-state index in [9.17, 15) is 14.4 Å². The standard InChI is InChI=1S/C21H15ClN2O3S/c22-14-7-5-13(6-8-14)10-24-11-17(16-3-1-2-4-18(16)24)20(26)21(27)23-15-9-19(25)28-12-15/h1-9,11H,10,12H2,(H,23,27). The second kappa shape index (κ2) is 7.66. The topological polar surface area (TPSA) is 68.2 Å². The molecule has 0 unspecified atom stereocenters. The van der Waals surface area contributed by atoms with Gasteiger partial charge in [0.15, 0.2) is 0 Å². The minimum atomic E-state index is -0.740. The number of hydrogen-bond donors (Lipinski definition) is 1. The zero-order chi connectivity index (χ0) is 19.7. The van der Waals surface area contributed by atoms with Gasteiger partial charge in [-0.05, 0) is 23.8 Å². The zero-order valence-corrected chi connectivity index (χ0v) is 16.2. The summed E-state index contributed by atoms with van der Waals surface area (Å²) in [6.07, 6.45) is 3.05. The van der Waals surface area contributed by atoms with Gasteiger partial charge in [-0.2, -0.15) is 0 Å². The Balaban J connectivity index is 1.64. The van der Waals surface area contributed by atoms with Crippen molar-refractivity contribution in [1.29, 1.82) is 0 Å². The number of thioether (sulfide) groups is 1. The third-order valence-electron chi connectivity index (χ3n) is 4.44. The lowest BCUT2D eigenvalue weighted by molar-refractivity contribution is -0.116. The molecule has 0 aliphatic carbocycles. The van der Waals surface area contributed by atoms with Crippen LogP contribution >= 0.6 is 23.4 Å². The molecule has 2 aromatic carbocycles. The van der Waals surface area contributed by atoms with E-state index in [2.05, 4.69) is 5.32 Å². The molecular weight excluding hydrogens is 396 g/mol. The lowest BCUT2D eigenvalue weighted by atomic mass is 10.1. The van der Waals surface area contributed by atoms with Gasteiger partial charge in [-0.15, -0.1) is 0 Å². The third-order valence-corrected chi connectivity index (χ3v) is 5.55. The van der Waals surface area contributed by atoms with E-state index in [4.69, 9.17) is 11.6 Å². The molecule has 0 atom stereocenters. The Hall–Kier alpha value is -2.83. The molecule has 1 amide bonds. The number of halogens is 1. The molecule has 0 radical (unpaired) electrons. The Morgan fingerprint density at radius 3 is 2.57 bits per heavy atom. The number of hydrogen-bond acceptors (Lipinski definition) is 4. The molecule has 0 spiro atoms. The van der Waals surface area contributed by atoms with Crippen molar-refractivity contribution in [3.05, 3.63) is 82.7 Å². The Morgan fingerprint density at radius 1 is 1.11 bits per heavy atom. The first-order valence-electron chi connectivity index (χ1n) is 8.56. The highest BCUT2D eigenvalue weighted by atomic mass is 35.5. The summed E-state index contributed by atoms with van der Waals surface area (Å²) in [7, 11) is 0. The molecule has 1 N–H and O–H groups in total. The molecule has 0 bridgehead atoms. The summed E-state index contributed by atoms with van der Waals surface area (Å²) < 4.78 is 1.94. The minimum Gasteiger partial charge on any atom is -0.342 e. The number of benzene rings is 2. The molecule has 4 rings (SSSR count). The van der Waals surface area contributed by atoms with Crippen LogP contribution < -0.4 is 5.32 Å². The van der Waals surface area contributed by atoms with E-state index in [-0.39, 0.29) is 5.12 Å². The van der Waals surface area contributed by atoms with Gasteiger partial charge in [-0.25, -0.2) is 0 Å². The van der Waals surface area contributed by atoms with Crippen LogP contribution in [0.1, 0.15) is 15.9 Å². The molecule has 140 valence electrons. The van der Waals surface area contributed by atoms with Gasteiger partial charge < -0.3 is 9.88 Å². The van der Waals surface area contributed by atoms with Gasteiger partial charge in [-0.3, -0.25) is 14.4 Å². The number of amides is 1. The van der Waals surface area contributed by atoms with Gasteiger partial charge in [0, 0.05) is 46.2 Å². The van der Waals surface area contributed by atoms with E-state index in [0.29, 0.717) is 34.0 Å². The summed E-state index contributed by atoms with van der Waals surface area (Å²) in [6.45, 7) is 0.545. The van der Waals surface area contributed by atoms with Gasteiger partial charge in [-0.1, -0.05) is 53.7 Å². The Kier molecular flexibility index (Phi) is 5.07. The average molecular weight is 411 g/mol. The number of carbonyl (C=O) groups excluding carboxylic acids is 3. The number of fused-ring (bicyclic) bond motifs is 1. The van der Waals surface area contributed by atoms with E-state index in [1.807, 2.05) is 53.1 Å². The quantitative estimate of drug-likeness (QED) is 0.513. The second-order valence-corrected chi connectivity index (χ2v) is 7.79. The molecule has 5 nitrogen and oxygen atoms in total. The molecule has 0 saturated carbocycles. The van der Waals surface area contributed by atoms with E-state index >= 15 is 0 Å². The van der Waals surface area contributed by atoms with Crippen LogP contribution in [-0.2, 0) is 16.1 Å². The van der Waals surface area contributed by atoms with E-state index in [1.165, 1.54) is 6.08 Å². The van der Waals surface area contributed by atoms with Gasteiger partial charge in [0.1, 0.15) is 0 Å². The zero-order valence-electron chi connectivity index (χ0n) is 14.6. The van der Waals surface area contributed by atoms with Crippen LogP contribution in [0.3, 0.4) is 0 Å². The molecule has 3 aromatic rings. The number of nitrogens with zero attached hydrogens (tertiary/aromatic N) is 1. The smallest absolute Gasteiger partial charge is 0.296 e. The van der Waals surface area contributed by atoms with E-state index in [1.54, 1.807) is 6.20 Å². The predicted octanol–water partition coefficient (Wildman–Crippen LogP) is 3.80. The van der Waals surface area contributed by atoms with Gasteiger partial charge in [0.2, 0.25) is 5.12 Å².